The molecule has 5 heteroatoms. The van der Waals surface area contributed by atoms with E-state index in [-0.39, 0.29) is 12.4 Å². The molecule has 2 rings (SSSR count). The Bertz CT molecular complexity index is 395. The van der Waals surface area contributed by atoms with Crippen molar-refractivity contribution in [3.63, 3.8) is 0 Å². The van der Waals surface area contributed by atoms with Crippen molar-refractivity contribution in [1.29, 1.82) is 0 Å². The Morgan fingerprint density at radius 1 is 1.60 bits per heavy atom. The lowest BCUT2D eigenvalue weighted by molar-refractivity contribution is -0.135. The average Bonchev–Trinajstić information content (AvgIpc) is 2.19. The molecule has 0 unspecified atom stereocenters. The second-order valence-corrected chi connectivity index (χ2v) is 3.38. The molecule has 0 saturated heterocycles. The minimum Gasteiger partial charge on any atom is -0.480 e. The Morgan fingerprint density at radius 2 is 2.40 bits per heavy atom. The Hall–Kier alpha value is -1.78. The Morgan fingerprint density at radius 3 is 3.13 bits per heavy atom. The first-order chi connectivity index (χ1) is 7.18. The summed E-state index contributed by atoms with van der Waals surface area (Å²) >= 11 is 0. The zero-order chi connectivity index (χ0) is 10.8. The fourth-order valence-corrected chi connectivity index (χ4v) is 1.72. The summed E-state index contributed by atoms with van der Waals surface area (Å²) in [5.74, 6) is -1.25. The third-order valence-electron chi connectivity index (χ3n) is 2.34. The van der Waals surface area contributed by atoms with Crippen LogP contribution in [0.5, 0.6) is 0 Å². The zero-order valence-corrected chi connectivity index (χ0v) is 8.03. The first-order valence-electron chi connectivity index (χ1n) is 4.67. The van der Waals surface area contributed by atoms with Crippen LogP contribution in [0.2, 0.25) is 0 Å². The summed E-state index contributed by atoms with van der Waals surface area (Å²) in [6.45, 7) is 1.03. The molecule has 1 aromatic rings. The fourth-order valence-electron chi connectivity index (χ4n) is 1.72. The molecular formula is C10H11FN2O2. The summed E-state index contributed by atoms with van der Waals surface area (Å²) < 4.78 is 13.3. The van der Waals surface area contributed by atoms with Crippen molar-refractivity contribution in [1.82, 2.24) is 0 Å². The summed E-state index contributed by atoms with van der Waals surface area (Å²) in [6, 6.07) is 4.65. The van der Waals surface area contributed by atoms with Crippen LogP contribution >= 0.6 is 0 Å². The smallest absolute Gasteiger partial charge is 0.323 e. The minimum atomic E-state index is -0.910. The predicted octanol–water partition coefficient (Wildman–Crippen LogP) is 1.14. The molecule has 0 spiro atoms. The van der Waals surface area contributed by atoms with Crippen LogP contribution in [0, 0.1) is 5.82 Å². The van der Waals surface area contributed by atoms with Crippen molar-refractivity contribution < 1.29 is 14.3 Å². The normalized spacial score (nSPS) is 14.3. The van der Waals surface area contributed by atoms with E-state index in [2.05, 4.69) is 5.32 Å². The lowest BCUT2D eigenvalue weighted by Gasteiger charge is -2.30. The first kappa shape index (κ1) is 9.76. The predicted molar refractivity (Wildman–Crippen MR) is 54.7 cm³/mol. The molecule has 0 radical (unpaired) electrons. The number of nitrogens with zero attached hydrogens (tertiary/aromatic N) is 1. The molecule has 0 bridgehead atoms. The van der Waals surface area contributed by atoms with Gasteiger partial charge in [-0.25, -0.2) is 4.39 Å². The topological polar surface area (TPSA) is 52.6 Å². The van der Waals surface area contributed by atoms with Crippen LogP contribution in [0.25, 0.3) is 0 Å². The maximum Gasteiger partial charge on any atom is 0.323 e. The van der Waals surface area contributed by atoms with Crippen molar-refractivity contribution in [3.05, 3.63) is 24.0 Å². The third kappa shape index (κ3) is 1.86. The first-order valence-corrected chi connectivity index (χ1v) is 4.67. The van der Waals surface area contributed by atoms with Gasteiger partial charge < -0.3 is 15.3 Å². The van der Waals surface area contributed by atoms with Gasteiger partial charge in [-0.05, 0) is 12.1 Å². The number of rotatable bonds is 2. The molecule has 0 aromatic heterocycles. The fraction of sp³-hybridized carbons (Fsp3) is 0.300. The van der Waals surface area contributed by atoms with E-state index in [1.165, 1.54) is 6.07 Å². The SMILES string of the molecule is O=C(O)CN1CCNc2c(F)cccc21. The molecule has 1 aliphatic rings. The van der Waals surface area contributed by atoms with Crippen molar-refractivity contribution in [2.75, 3.05) is 29.9 Å². The quantitative estimate of drug-likeness (QED) is 0.768. The highest BCUT2D eigenvalue weighted by atomic mass is 19.1. The lowest BCUT2D eigenvalue weighted by Crippen LogP contribution is -2.37. The number of hydrogen-bond donors (Lipinski definition) is 2. The minimum absolute atomic E-state index is 0.0991. The van der Waals surface area contributed by atoms with Crippen LogP contribution < -0.4 is 10.2 Å². The highest BCUT2D eigenvalue weighted by Crippen LogP contribution is 2.30. The molecule has 0 aliphatic carbocycles. The van der Waals surface area contributed by atoms with Crippen molar-refractivity contribution in [3.8, 4) is 0 Å². The number of para-hydroxylation sites is 1. The number of carboxylic acid groups (broad SMARTS) is 1. The number of benzene rings is 1. The van der Waals surface area contributed by atoms with E-state index in [0.717, 1.165) is 0 Å². The van der Waals surface area contributed by atoms with E-state index < -0.39 is 5.97 Å². The highest BCUT2D eigenvalue weighted by Gasteiger charge is 2.20. The number of halogens is 1. The van der Waals surface area contributed by atoms with Crippen LogP contribution in [0.3, 0.4) is 0 Å². The molecule has 0 saturated carbocycles. The molecule has 0 amide bonds. The number of carbonyl (C=O) groups is 1. The van der Waals surface area contributed by atoms with Crippen LogP contribution in [0.1, 0.15) is 0 Å². The monoisotopic (exact) mass is 210 g/mol. The van der Waals surface area contributed by atoms with Crippen molar-refractivity contribution in [2.45, 2.75) is 0 Å². The molecular weight excluding hydrogens is 199 g/mol. The van der Waals surface area contributed by atoms with Gasteiger partial charge in [-0.2, -0.15) is 0 Å². The van der Waals surface area contributed by atoms with Gasteiger partial charge in [0.05, 0.1) is 11.4 Å². The summed E-state index contributed by atoms with van der Waals surface area (Å²) in [4.78, 5) is 12.3. The Kier molecular flexibility index (Phi) is 2.45. The maximum atomic E-state index is 13.3. The summed E-state index contributed by atoms with van der Waals surface area (Å²) in [6.07, 6.45) is 0. The largest absolute Gasteiger partial charge is 0.480 e. The highest BCUT2D eigenvalue weighted by molar-refractivity contribution is 5.79. The van der Waals surface area contributed by atoms with Gasteiger partial charge in [-0.1, -0.05) is 6.07 Å². The number of nitrogens with one attached hydrogen (secondary N) is 1. The number of hydrogen-bond acceptors (Lipinski definition) is 3. The zero-order valence-electron chi connectivity index (χ0n) is 8.03. The standard InChI is InChI=1S/C10H11FN2O2/c11-7-2-1-3-8-10(7)12-4-5-13(8)6-9(14)15/h1-3,12H,4-6H2,(H,14,15). The number of aliphatic carboxylic acids is 1. The van der Waals surface area contributed by atoms with Gasteiger partial charge in [0, 0.05) is 13.1 Å². The molecule has 1 aliphatic heterocycles. The molecule has 1 heterocycles. The van der Waals surface area contributed by atoms with E-state index in [4.69, 9.17) is 5.11 Å². The molecule has 2 N–H and O–H groups in total. The second kappa shape index (κ2) is 3.76. The van der Waals surface area contributed by atoms with E-state index in [1.54, 1.807) is 17.0 Å². The van der Waals surface area contributed by atoms with Gasteiger partial charge in [0.2, 0.25) is 0 Å². The molecule has 0 fully saturated rings. The van der Waals surface area contributed by atoms with E-state index in [1.807, 2.05) is 0 Å². The molecule has 1 aromatic carbocycles. The van der Waals surface area contributed by atoms with E-state index in [0.29, 0.717) is 24.5 Å². The number of fused-ring (bicyclic) bond motifs is 1. The Labute approximate surface area is 86.3 Å². The van der Waals surface area contributed by atoms with Crippen LogP contribution in [0.4, 0.5) is 15.8 Å². The van der Waals surface area contributed by atoms with Crippen molar-refractivity contribution >= 4 is 17.3 Å². The summed E-state index contributed by atoms with van der Waals surface area (Å²) in [5, 5.41) is 11.6. The summed E-state index contributed by atoms with van der Waals surface area (Å²) in [7, 11) is 0. The lowest BCUT2D eigenvalue weighted by atomic mass is 10.2. The number of carboxylic acids is 1. The van der Waals surface area contributed by atoms with Crippen LogP contribution in [-0.2, 0) is 4.79 Å². The molecule has 15 heavy (non-hydrogen) atoms. The Balaban J connectivity index is 2.34. The maximum absolute atomic E-state index is 13.3. The van der Waals surface area contributed by atoms with E-state index in [9.17, 15) is 9.18 Å². The third-order valence-corrected chi connectivity index (χ3v) is 2.34. The number of anilines is 2. The van der Waals surface area contributed by atoms with E-state index >= 15 is 0 Å². The van der Waals surface area contributed by atoms with Gasteiger partial charge in [-0.3, -0.25) is 4.79 Å². The summed E-state index contributed by atoms with van der Waals surface area (Å²) in [5.41, 5.74) is 1.01. The van der Waals surface area contributed by atoms with Gasteiger partial charge >= 0.3 is 5.97 Å². The van der Waals surface area contributed by atoms with Gasteiger partial charge in [0.1, 0.15) is 12.4 Å². The molecule has 0 atom stereocenters. The van der Waals surface area contributed by atoms with Crippen molar-refractivity contribution in [2.24, 2.45) is 0 Å². The van der Waals surface area contributed by atoms with Gasteiger partial charge in [-0.15, -0.1) is 0 Å². The second-order valence-electron chi connectivity index (χ2n) is 3.38. The van der Waals surface area contributed by atoms with Gasteiger partial charge in [0.15, 0.2) is 0 Å². The molecule has 4 nitrogen and oxygen atoms in total. The van der Waals surface area contributed by atoms with Crippen LogP contribution in [-0.4, -0.2) is 30.7 Å². The average molecular weight is 210 g/mol. The van der Waals surface area contributed by atoms with Gasteiger partial charge in [0.25, 0.3) is 0 Å². The molecule has 80 valence electrons. The van der Waals surface area contributed by atoms with Crippen LogP contribution in [0.15, 0.2) is 18.2 Å².